The number of hydrogen-bond acceptors (Lipinski definition) is 6. The van der Waals surface area contributed by atoms with Gasteiger partial charge in [-0.2, -0.15) is 5.10 Å². The molecule has 0 bridgehead atoms. The van der Waals surface area contributed by atoms with Crippen LogP contribution in [0.4, 0.5) is 5.69 Å². The van der Waals surface area contributed by atoms with E-state index >= 15 is 0 Å². The van der Waals surface area contributed by atoms with Gasteiger partial charge in [0.25, 0.3) is 0 Å². The first-order valence-corrected chi connectivity index (χ1v) is 10.9. The summed E-state index contributed by atoms with van der Waals surface area (Å²) in [6.07, 6.45) is 9.12. The minimum atomic E-state index is 0.698. The first-order chi connectivity index (χ1) is 15.8. The largest absolute Gasteiger partial charge is 0.495 e. The number of methoxy groups -OCH3 is 1. The molecule has 8 nitrogen and oxygen atoms in total. The van der Waals surface area contributed by atoms with Crippen molar-refractivity contribution in [2.75, 3.05) is 25.1 Å². The zero-order chi connectivity index (χ0) is 21.5. The summed E-state index contributed by atoms with van der Waals surface area (Å²) < 4.78 is 5.31. The van der Waals surface area contributed by atoms with Gasteiger partial charge in [-0.25, -0.2) is 9.97 Å². The highest BCUT2D eigenvalue weighted by Gasteiger charge is 2.18. The summed E-state index contributed by atoms with van der Waals surface area (Å²) in [5.74, 6) is 0.698. The molecule has 2 N–H and O–H groups in total. The Morgan fingerprint density at radius 2 is 1.94 bits per heavy atom. The highest BCUT2D eigenvalue weighted by atomic mass is 16.5. The van der Waals surface area contributed by atoms with E-state index in [4.69, 9.17) is 9.72 Å². The van der Waals surface area contributed by atoms with Gasteiger partial charge in [0, 0.05) is 42.1 Å². The van der Waals surface area contributed by atoms with Gasteiger partial charge in [-0.1, -0.05) is 0 Å². The number of nitrogens with one attached hydrogen (secondary N) is 2. The van der Waals surface area contributed by atoms with Crippen LogP contribution < -0.4 is 9.64 Å². The van der Waals surface area contributed by atoms with Crippen molar-refractivity contribution < 1.29 is 4.74 Å². The van der Waals surface area contributed by atoms with Crippen LogP contribution >= 0.6 is 0 Å². The average Bonchev–Trinajstić information content (AvgIpc) is 3.48. The van der Waals surface area contributed by atoms with E-state index in [0.717, 1.165) is 57.8 Å². The second kappa shape index (κ2) is 7.64. The maximum Gasteiger partial charge on any atom is 0.139 e. The molecular weight excluding hydrogens is 402 g/mol. The van der Waals surface area contributed by atoms with Crippen LogP contribution in [-0.4, -0.2) is 50.3 Å². The predicted molar refractivity (Wildman–Crippen MR) is 125 cm³/mol. The Labute approximate surface area is 184 Å². The molecule has 1 fully saturated rings. The lowest BCUT2D eigenvalue weighted by Gasteiger charge is -2.29. The predicted octanol–water partition coefficient (Wildman–Crippen LogP) is 4.56. The fourth-order valence-electron chi connectivity index (χ4n) is 4.47. The minimum absolute atomic E-state index is 0.698. The molecule has 6 rings (SSSR count). The molecule has 0 aromatic carbocycles. The monoisotopic (exact) mass is 425 g/mol. The number of hydrogen-bond donors (Lipinski definition) is 2. The van der Waals surface area contributed by atoms with Crippen LogP contribution in [0.25, 0.3) is 44.7 Å². The number of ether oxygens (including phenoxy) is 1. The van der Waals surface area contributed by atoms with Gasteiger partial charge < -0.3 is 14.6 Å². The molecule has 6 heterocycles. The zero-order valence-corrected chi connectivity index (χ0v) is 17.8. The fourth-order valence-corrected chi connectivity index (χ4v) is 4.47. The zero-order valence-electron chi connectivity index (χ0n) is 17.8. The molecule has 0 amide bonds. The van der Waals surface area contributed by atoms with Crippen LogP contribution in [0.2, 0.25) is 0 Å². The third-order valence-corrected chi connectivity index (χ3v) is 6.11. The van der Waals surface area contributed by atoms with E-state index in [1.165, 1.54) is 24.9 Å². The normalized spacial score (nSPS) is 14.3. The van der Waals surface area contributed by atoms with Crippen LogP contribution in [0, 0.1) is 0 Å². The van der Waals surface area contributed by atoms with Gasteiger partial charge in [0.05, 0.1) is 30.2 Å². The maximum absolute atomic E-state index is 5.31. The molecule has 160 valence electrons. The van der Waals surface area contributed by atoms with Crippen molar-refractivity contribution in [1.82, 2.24) is 30.1 Å². The van der Waals surface area contributed by atoms with Crippen LogP contribution in [-0.2, 0) is 0 Å². The molecule has 5 aromatic rings. The lowest BCUT2D eigenvalue weighted by atomic mass is 10.1. The molecule has 1 saturated heterocycles. The van der Waals surface area contributed by atoms with E-state index in [1.54, 1.807) is 19.5 Å². The Kier molecular flexibility index (Phi) is 4.49. The Morgan fingerprint density at radius 3 is 2.81 bits per heavy atom. The quantitative estimate of drug-likeness (QED) is 0.438. The average molecular weight is 425 g/mol. The number of piperidine rings is 1. The highest BCUT2D eigenvalue weighted by molar-refractivity contribution is 5.97. The lowest BCUT2D eigenvalue weighted by Crippen LogP contribution is -2.29. The summed E-state index contributed by atoms with van der Waals surface area (Å²) in [5.41, 5.74) is 7.16. The van der Waals surface area contributed by atoms with E-state index in [9.17, 15) is 0 Å². The molecule has 0 spiro atoms. The number of aromatic amines is 2. The summed E-state index contributed by atoms with van der Waals surface area (Å²) in [7, 11) is 1.63. The van der Waals surface area contributed by atoms with Crippen molar-refractivity contribution in [1.29, 1.82) is 0 Å². The van der Waals surface area contributed by atoms with Gasteiger partial charge in [-0.05, 0) is 49.6 Å². The number of anilines is 1. The van der Waals surface area contributed by atoms with E-state index in [-0.39, 0.29) is 0 Å². The second-order valence-corrected chi connectivity index (χ2v) is 8.10. The van der Waals surface area contributed by atoms with Gasteiger partial charge in [0.2, 0.25) is 0 Å². The first kappa shape index (κ1) is 18.8. The van der Waals surface area contributed by atoms with Crippen molar-refractivity contribution in [3.63, 3.8) is 0 Å². The van der Waals surface area contributed by atoms with Gasteiger partial charge >= 0.3 is 0 Å². The molecule has 0 unspecified atom stereocenters. The minimum Gasteiger partial charge on any atom is -0.495 e. The smallest absolute Gasteiger partial charge is 0.139 e. The Hall–Kier alpha value is -3.94. The molecule has 0 radical (unpaired) electrons. The summed E-state index contributed by atoms with van der Waals surface area (Å²) in [4.78, 5) is 19.6. The molecule has 1 aliphatic heterocycles. The van der Waals surface area contributed by atoms with E-state index in [0.29, 0.717) is 5.75 Å². The number of fused-ring (bicyclic) bond motifs is 2. The Balaban J connectivity index is 1.45. The van der Waals surface area contributed by atoms with Crippen LogP contribution in [0.3, 0.4) is 0 Å². The van der Waals surface area contributed by atoms with Crippen molar-refractivity contribution in [2.24, 2.45) is 0 Å². The van der Waals surface area contributed by atoms with Gasteiger partial charge in [-0.15, -0.1) is 0 Å². The number of aromatic nitrogens is 6. The van der Waals surface area contributed by atoms with E-state index in [1.807, 2.05) is 24.4 Å². The van der Waals surface area contributed by atoms with Crippen LogP contribution in [0.1, 0.15) is 19.3 Å². The molecule has 1 aliphatic rings. The van der Waals surface area contributed by atoms with E-state index < -0.39 is 0 Å². The molecule has 32 heavy (non-hydrogen) atoms. The second-order valence-electron chi connectivity index (χ2n) is 8.10. The Morgan fingerprint density at radius 1 is 1.03 bits per heavy atom. The molecule has 5 aromatic heterocycles. The van der Waals surface area contributed by atoms with Crippen LogP contribution in [0.15, 0.2) is 48.9 Å². The standard InChI is InChI=1S/C24H23N7O/c1-32-16-11-15(13-25-14-16)18-5-6-19-22(27-18)23(30-29-19)20-12-17-21(7-8-26-24(17)28-20)31-9-3-2-4-10-31/h5-8,11-14H,2-4,9-10H2,1H3,(H,26,28)(H,29,30). The van der Waals surface area contributed by atoms with Gasteiger partial charge in [0.15, 0.2) is 0 Å². The number of H-pyrrole nitrogens is 2. The lowest BCUT2D eigenvalue weighted by molar-refractivity contribution is 0.413. The van der Waals surface area contributed by atoms with Gasteiger partial charge in [-0.3, -0.25) is 10.1 Å². The number of pyridine rings is 3. The fraction of sp³-hybridized carbons (Fsp3) is 0.250. The maximum atomic E-state index is 5.31. The highest BCUT2D eigenvalue weighted by Crippen LogP contribution is 2.33. The summed E-state index contributed by atoms with van der Waals surface area (Å²) in [6, 6.07) is 10.1. The SMILES string of the molecule is COc1cncc(-c2ccc3[nH]nc(-c4cc5c(N6CCCCC6)ccnc5[nH]4)c3n2)c1. The molecular formula is C24H23N7O. The third kappa shape index (κ3) is 3.15. The third-order valence-electron chi connectivity index (χ3n) is 6.11. The molecule has 8 heteroatoms. The molecule has 0 aliphatic carbocycles. The van der Waals surface area contributed by atoms with Gasteiger partial charge in [0.1, 0.15) is 22.6 Å². The van der Waals surface area contributed by atoms with Crippen molar-refractivity contribution >= 4 is 27.8 Å². The van der Waals surface area contributed by atoms with Crippen LogP contribution in [0.5, 0.6) is 5.75 Å². The number of nitrogens with zero attached hydrogens (tertiary/aromatic N) is 5. The van der Waals surface area contributed by atoms with Crippen molar-refractivity contribution in [3.8, 4) is 28.4 Å². The Bertz CT molecular complexity index is 1410. The summed E-state index contributed by atoms with van der Waals surface area (Å²) in [5, 5.41) is 8.80. The topological polar surface area (TPSA) is 95.6 Å². The van der Waals surface area contributed by atoms with E-state index in [2.05, 4.69) is 42.2 Å². The molecule has 0 atom stereocenters. The molecule has 0 saturated carbocycles. The number of rotatable bonds is 4. The summed E-state index contributed by atoms with van der Waals surface area (Å²) in [6.45, 7) is 2.18. The van der Waals surface area contributed by atoms with Crippen molar-refractivity contribution in [2.45, 2.75) is 19.3 Å². The van der Waals surface area contributed by atoms with Crippen molar-refractivity contribution in [3.05, 3.63) is 48.9 Å². The summed E-state index contributed by atoms with van der Waals surface area (Å²) >= 11 is 0. The first-order valence-electron chi connectivity index (χ1n) is 10.9.